The Hall–Kier alpha value is -2.75. The second-order valence-electron chi connectivity index (χ2n) is 10.5. The van der Waals surface area contributed by atoms with E-state index in [9.17, 15) is 13.2 Å². The van der Waals surface area contributed by atoms with Gasteiger partial charge in [-0.05, 0) is 91.7 Å². The standard InChI is InChI=1S/C33H39F3O/c1-3-5-21-37-31-20-19-29(32(35)33(31)36)28-18-13-25(22-30(28)34)8-7-24-11-16-27(17-12-24)26-14-9-23(6-4-2)10-15-26/h11-13,16-20,22-23,26H,3-10,14-15,21H2,1-2H3. The van der Waals surface area contributed by atoms with Gasteiger partial charge >= 0.3 is 0 Å². The van der Waals surface area contributed by atoms with Crippen LogP contribution in [0.2, 0.25) is 0 Å². The van der Waals surface area contributed by atoms with Crippen molar-refractivity contribution in [2.75, 3.05) is 6.61 Å². The van der Waals surface area contributed by atoms with E-state index in [0.29, 0.717) is 18.9 Å². The SMILES string of the molecule is CCCCOc1ccc(-c2ccc(CCc3ccc(C4CCC(CCC)CC4)cc3)cc2F)c(F)c1F. The monoisotopic (exact) mass is 508 g/mol. The van der Waals surface area contributed by atoms with Crippen molar-refractivity contribution < 1.29 is 17.9 Å². The van der Waals surface area contributed by atoms with Crippen molar-refractivity contribution >= 4 is 0 Å². The average Bonchev–Trinajstić information content (AvgIpc) is 2.91. The first-order chi connectivity index (χ1) is 18.0. The zero-order valence-corrected chi connectivity index (χ0v) is 22.2. The lowest BCUT2D eigenvalue weighted by molar-refractivity contribution is 0.289. The van der Waals surface area contributed by atoms with Gasteiger partial charge in [0.05, 0.1) is 6.61 Å². The van der Waals surface area contributed by atoms with Gasteiger partial charge in [0.2, 0.25) is 5.82 Å². The summed E-state index contributed by atoms with van der Waals surface area (Å²) in [6.45, 7) is 4.59. The van der Waals surface area contributed by atoms with Crippen LogP contribution in [0.15, 0.2) is 54.6 Å². The molecule has 0 radical (unpaired) electrons. The predicted molar refractivity (Wildman–Crippen MR) is 146 cm³/mol. The van der Waals surface area contributed by atoms with E-state index in [2.05, 4.69) is 31.2 Å². The van der Waals surface area contributed by atoms with Gasteiger partial charge in [0, 0.05) is 11.1 Å². The smallest absolute Gasteiger partial charge is 0.201 e. The van der Waals surface area contributed by atoms with Crippen molar-refractivity contribution in [2.45, 2.75) is 84.0 Å². The molecule has 1 fully saturated rings. The van der Waals surface area contributed by atoms with Crippen LogP contribution in [0.4, 0.5) is 13.2 Å². The number of rotatable bonds is 11. The topological polar surface area (TPSA) is 9.23 Å². The molecule has 1 aliphatic carbocycles. The zero-order valence-electron chi connectivity index (χ0n) is 22.2. The van der Waals surface area contributed by atoms with Crippen molar-refractivity contribution in [3.05, 3.63) is 88.7 Å². The van der Waals surface area contributed by atoms with Crippen molar-refractivity contribution in [3.8, 4) is 16.9 Å². The van der Waals surface area contributed by atoms with E-state index in [-0.39, 0.29) is 16.9 Å². The van der Waals surface area contributed by atoms with Crippen LogP contribution < -0.4 is 4.74 Å². The van der Waals surface area contributed by atoms with E-state index < -0.39 is 17.5 Å². The zero-order chi connectivity index (χ0) is 26.2. The minimum absolute atomic E-state index is 0.0540. The van der Waals surface area contributed by atoms with Gasteiger partial charge in [0.25, 0.3) is 0 Å². The van der Waals surface area contributed by atoms with Crippen LogP contribution >= 0.6 is 0 Å². The van der Waals surface area contributed by atoms with Gasteiger partial charge in [0.15, 0.2) is 11.6 Å². The molecule has 3 aromatic rings. The van der Waals surface area contributed by atoms with E-state index >= 15 is 0 Å². The van der Waals surface area contributed by atoms with E-state index in [1.54, 1.807) is 6.07 Å². The molecule has 0 amide bonds. The third kappa shape index (κ3) is 6.97. The Bertz CT molecular complexity index is 1150. The van der Waals surface area contributed by atoms with Crippen molar-refractivity contribution in [3.63, 3.8) is 0 Å². The summed E-state index contributed by atoms with van der Waals surface area (Å²) >= 11 is 0. The fraction of sp³-hybridized carbons (Fsp3) is 0.455. The highest BCUT2D eigenvalue weighted by atomic mass is 19.2. The molecule has 0 unspecified atom stereocenters. The normalized spacial score (nSPS) is 17.6. The number of halogens is 3. The molecule has 0 N–H and O–H groups in total. The molecule has 37 heavy (non-hydrogen) atoms. The van der Waals surface area contributed by atoms with Crippen LogP contribution in [0, 0.1) is 23.4 Å². The predicted octanol–water partition coefficient (Wildman–Crippen LogP) is 9.81. The fourth-order valence-electron chi connectivity index (χ4n) is 5.55. The van der Waals surface area contributed by atoms with Crippen LogP contribution in [-0.4, -0.2) is 6.61 Å². The third-order valence-electron chi connectivity index (χ3n) is 7.82. The van der Waals surface area contributed by atoms with Crippen LogP contribution in [0.3, 0.4) is 0 Å². The van der Waals surface area contributed by atoms with Gasteiger partial charge in [-0.2, -0.15) is 4.39 Å². The molecule has 0 spiro atoms. The molecule has 1 saturated carbocycles. The third-order valence-corrected chi connectivity index (χ3v) is 7.82. The largest absolute Gasteiger partial charge is 0.490 e. The number of hydrogen-bond acceptors (Lipinski definition) is 1. The summed E-state index contributed by atoms with van der Waals surface area (Å²) in [4.78, 5) is 0. The highest BCUT2D eigenvalue weighted by Crippen LogP contribution is 2.37. The van der Waals surface area contributed by atoms with Crippen molar-refractivity contribution in [2.24, 2.45) is 5.92 Å². The first-order valence-electron chi connectivity index (χ1n) is 14.0. The molecule has 3 aromatic carbocycles. The number of unbranched alkanes of at least 4 members (excludes halogenated alkanes) is 1. The Kier molecular flexibility index (Phi) is 9.71. The Morgan fingerprint density at radius 1 is 0.730 bits per heavy atom. The second-order valence-corrected chi connectivity index (χ2v) is 10.5. The van der Waals surface area contributed by atoms with Gasteiger partial charge in [-0.25, -0.2) is 8.78 Å². The molecule has 0 heterocycles. The minimum atomic E-state index is -1.08. The van der Waals surface area contributed by atoms with Gasteiger partial charge in [-0.3, -0.25) is 0 Å². The van der Waals surface area contributed by atoms with Crippen LogP contribution in [-0.2, 0) is 12.8 Å². The molecule has 0 aromatic heterocycles. The minimum Gasteiger partial charge on any atom is -0.490 e. The molecule has 4 rings (SSSR count). The number of ether oxygens (including phenoxy) is 1. The number of aryl methyl sites for hydroxylation is 2. The molecule has 0 aliphatic heterocycles. The van der Waals surface area contributed by atoms with E-state index in [4.69, 9.17) is 4.74 Å². The molecular weight excluding hydrogens is 469 g/mol. The Morgan fingerprint density at radius 2 is 1.41 bits per heavy atom. The number of hydrogen-bond donors (Lipinski definition) is 0. The van der Waals surface area contributed by atoms with E-state index in [1.165, 1.54) is 73.9 Å². The van der Waals surface area contributed by atoms with Crippen LogP contribution in [0.1, 0.15) is 87.8 Å². The summed E-state index contributed by atoms with van der Waals surface area (Å²) in [5.41, 5.74) is 3.45. The van der Waals surface area contributed by atoms with Crippen LogP contribution in [0.5, 0.6) is 5.75 Å². The molecule has 198 valence electrons. The Morgan fingerprint density at radius 3 is 2.08 bits per heavy atom. The number of benzene rings is 3. The quantitative estimate of drug-likeness (QED) is 0.234. The maximum absolute atomic E-state index is 14.9. The van der Waals surface area contributed by atoms with Gasteiger partial charge in [0.1, 0.15) is 5.82 Å². The molecule has 0 bridgehead atoms. The first kappa shape index (κ1) is 27.3. The lowest BCUT2D eigenvalue weighted by Crippen LogP contribution is -2.13. The Labute approximate surface area is 220 Å². The van der Waals surface area contributed by atoms with E-state index in [1.807, 2.05) is 6.92 Å². The molecule has 0 atom stereocenters. The average molecular weight is 509 g/mol. The van der Waals surface area contributed by atoms with Crippen molar-refractivity contribution in [1.29, 1.82) is 0 Å². The highest BCUT2D eigenvalue weighted by molar-refractivity contribution is 5.66. The van der Waals surface area contributed by atoms with Crippen molar-refractivity contribution in [1.82, 2.24) is 0 Å². The lowest BCUT2D eigenvalue weighted by Gasteiger charge is -2.28. The van der Waals surface area contributed by atoms with E-state index in [0.717, 1.165) is 30.7 Å². The second kappa shape index (κ2) is 13.2. The van der Waals surface area contributed by atoms with Crippen LogP contribution in [0.25, 0.3) is 11.1 Å². The summed E-state index contributed by atoms with van der Waals surface area (Å²) in [7, 11) is 0. The summed E-state index contributed by atoms with van der Waals surface area (Å²) < 4.78 is 49.4. The molecule has 4 heteroatoms. The van der Waals surface area contributed by atoms with Gasteiger partial charge in [-0.15, -0.1) is 0 Å². The molecule has 1 nitrogen and oxygen atoms in total. The van der Waals surface area contributed by atoms with Gasteiger partial charge < -0.3 is 4.74 Å². The summed E-state index contributed by atoms with van der Waals surface area (Å²) in [6.07, 6.45) is 11.0. The maximum Gasteiger partial charge on any atom is 0.201 e. The summed E-state index contributed by atoms with van der Waals surface area (Å²) in [5, 5.41) is 0. The molecule has 1 aliphatic rings. The van der Waals surface area contributed by atoms with Gasteiger partial charge in [-0.1, -0.05) is 69.5 Å². The highest BCUT2D eigenvalue weighted by Gasteiger charge is 2.22. The lowest BCUT2D eigenvalue weighted by atomic mass is 9.77. The molecular formula is C33H39F3O. The molecule has 0 saturated heterocycles. The fourth-order valence-corrected chi connectivity index (χ4v) is 5.55. The first-order valence-corrected chi connectivity index (χ1v) is 14.0. The maximum atomic E-state index is 14.9. The Balaban J connectivity index is 1.36. The summed E-state index contributed by atoms with van der Waals surface area (Å²) in [6, 6.07) is 16.4. The summed E-state index contributed by atoms with van der Waals surface area (Å²) in [5.74, 6) is -1.27.